The van der Waals surface area contributed by atoms with Crippen molar-refractivity contribution in [3.63, 3.8) is 0 Å². The molecule has 5 heteroatoms. The number of fused-ring (bicyclic) bond motifs is 1. The summed E-state index contributed by atoms with van der Waals surface area (Å²) in [7, 11) is 0. The van der Waals surface area contributed by atoms with Gasteiger partial charge in [-0.2, -0.15) is 15.4 Å². The molecule has 1 aromatic heterocycles. The van der Waals surface area contributed by atoms with Crippen LogP contribution in [0.4, 0.5) is 0 Å². The van der Waals surface area contributed by atoms with Gasteiger partial charge >= 0.3 is 5.97 Å². The topological polar surface area (TPSA) is 78.9 Å². The molecule has 0 fully saturated rings. The number of nitrogens with one attached hydrogen (secondary N) is 1. The van der Waals surface area contributed by atoms with Crippen LogP contribution in [0.2, 0.25) is 0 Å². The molecule has 1 aromatic carbocycles. The number of carboxylic acids is 1. The highest BCUT2D eigenvalue weighted by Crippen LogP contribution is 2.03. The molecule has 0 aliphatic heterocycles. The van der Waals surface area contributed by atoms with Crippen LogP contribution in [0.3, 0.4) is 0 Å². The van der Waals surface area contributed by atoms with Gasteiger partial charge in [-0.15, -0.1) is 0 Å². The Morgan fingerprint density at radius 2 is 1.79 bits per heavy atom. The Balaban J connectivity index is 0.000000171. The molecule has 0 amide bonds. The van der Waals surface area contributed by atoms with Gasteiger partial charge in [0.25, 0.3) is 0 Å². The van der Waals surface area contributed by atoms with Gasteiger partial charge in [0.05, 0.1) is 0 Å². The summed E-state index contributed by atoms with van der Waals surface area (Å²) >= 11 is 0. The molecule has 5 nitrogen and oxygen atoms in total. The first-order chi connectivity index (χ1) is 6.74. The van der Waals surface area contributed by atoms with Crippen LogP contribution in [-0.2, 0) is 4.79 Å². The van der Waals surface area contributed by atoms with E-state index in [1.54, 1.807) is 0 Å². The number of carbonyl (C=O) groups is 1. The van der Waals surface area contributed by atoms with Crippen molar-refractivity contribution in [2.24, 2.45) is 0 Å². The van der Waals surface area contributed by atoms with Crippen molar-refractivity contribution < 1.29 is 9.90 Å². The molecule has 0 radical (unpaired) electrons. The lowest BCUT2D eigenvalue weighted by molar-refractivity contribution is -0.131. The third-order valence-corrected chi connectivity index (χ3v) is 1.40. The SMILES string of the molecule is C=CC(=O)O.c1ccc2n[nH]nc2c1. The van der Waals surface area contributed by atoms with Gasteiger partial charge in [-0.25, -0.2) is 4.79 Å². The van der Waals surface area contributed by atoms with Crippen LogP contribution in [0.25, 0.3) is 11.0 Å². The predicted molar refractivity (Wildman–Crippen MR) is 51.7 cm³/mol. The number of rotatable bonds is 1. The fourth-order valence-corrected chi connectivity index (χ4v) is 0.786. The largest absolute Gasteiger partial charge is 0.478 e. The van der Waals surface area contributed by atoms with Crippen molar-refractivity contribution in [1.82, 2.24) is 15.4 Å². The van der Waals surface area contributed by atoms with Gasteiger partial charge in [-0.3, -0.25) is 0 Å². The monoisotopic (exact) mass is 191 g/mol. The molecule has 2 rings (SSSR count). The Morgan fingerprint density at radius 1 is 1.36 bits per heavy atom. The van der Waals surface area contributed by atoms with Crippen LogP contribution in [0.15, 0.2) is 36.9 Å². The standard InChI is InChI=1S/C6H5N3.C3H4O2/c1-2-4-6-5(3-1)7-9-8-6;1-2-3(4)5/h1-4H,(H,7,8,9);2H,1H2,(H,4,5). The molecule has 72 valence electrons. The molecule has 2 N–H and O–H groups in total. The molecule has 0 bridgehead atoms. The molecular formula is C9H9N3O2. The number of benzene rings is 1. The number of nitrogens with zero attached hydrogens (tertiary/aromatic N) is 2. The van der Waals surface area contributed by atoms with Gasteiger partial charge in [0, 0.05) is 6.08 Å². The van der Waals surface area contributed by atoms with E-state index in [2.05, 4.69) is 22.0 Å². The number of aliphatic carboxylic acids is 1. The molecule has 1 heterocycles. The third kappa shape index (κ3) is 2.71. The Labute approximate surface area is 80.1 Å². The highest BCUT2D eigenvalue weighted by Gasteiger charge is 1.90. The molecule has 0 saturated heterocycles. The Hall–Kier alpha value is -2.17. The van der Waals surface area contributed by atoms with Gasteiger partial charge in [-0.05, 0) is 12.1 Å². The van der Waals surface area contributed by atoms with Gasteiger partial charge in [-0.1, -0.05) is 18.7 Å². The van der Waals surface area contributed by atoms with E-state index >= 15 is 0 Å². The van der Waals surface area contributed by atoms with Crippen LogP contribution in [-0.4, -0.2) is 26.5 Å². The maximum Gasteiger partial charge on any atom is 0.327 e. The lowest BCUT2D eigenvalue weighted by Crippen LogP contribution is -1.82. The molecular weight excluding hydrogens is 182 g/mol. The van der Waals surface area contributed by atoms with Crippen molar-refractivity contribution in [2.75, 3.05) is 0 Å². The highest BCUT2D eigenvalue weighted by molar-refractivity contribution is 5.78. The summed E-state index contributed by atoms with van der Waals surface area (Å²) in [6.45, 7) is 2.96. The second kappa shape index (κ2) is 4.76. The van der Waals surface area contributed by atoms with Crippen molar-refractivity contribution in [3.8, 4) is 0 Å². The maximum atomic E-state index is 9.25. The van der Waals surface area contributed by atoms with Crippen molar-refractivity contribution in [3.05, 3.63) is 36.9 Å². The molecule has 0 saturated carbocycles. The summed E-state index contributed by atoms with van der Waals surface area (Å²) in [5.41, 5.74) is 1.83. The van der Waals surface area contributed by atoms with Gasteiger partial charge in [0.2, 0.25) is 0 Å². The smallest absolute Gasteiger partial charge is 0.327 e. The first-order valence-electron chi connectivity index (χ1n) is 3.85. The highest BCUT2D eigenvalue weighted by atomic mass is 16.4. The second-order valence-corrected chi connectivity index (χ2v) is 2.35. The number of hydrogen-bond acceptors (Lipinski definition) is 3. The number of para-hydroxylation sites is 2. The first kappa shape index (κ1) is 9.91. The summed E-state index contributed by atoms with van der Waals surface area (Å²) in [6, 6.07) is 7.70. The van der Waals surface area contributed by atoms with Crippen LogP contribution in [0, 0.1) is 0 Å². The van der Waals surface area contributed by atoms with E-state index in [9.17, 15) is 4.79 Å². The summed E-state index contributed by atoms with van der Waals surface area (Å²) in [5, 5.41) is 17.9. The zero-order valence-electron chi connectivity index (χ0n) is 7.34. The van der Waals surface area contributed by atoms with E-state index < -0.39 is 5.97 Å². The molecule has 2 aromatic rings. The third-order valence-electron chi connectivity index (χ3n) is 1.40. The van der Waals surface area contributed by atoms with Crippen molar-refractivity contribution in [1.29, 1.82) is 0 Å². The molecule has 14 heavy (non-hydrogen) atoms. The van der Waals surface area contributed by atoms with Crippen molar-refractivity contribution >= 4 is 17.0 Å². The minimum Gasteiger partial charge on any atom is -0.478 e. The average Bonchev–Trinajstić information content (AvgIpc) is 2.66. The predicted octanol–water partition coefficient (Wildman–Crippen LogP) is 1.21. The normalized spacial score (nSPS) is 8.86. The van der Waals surface area contributed by atoms with Crippen molar-refractivity contribution in [2.45, 2.75) is 0 Å². The zero-order valence-corrected chi connectivity index (χ0v) is 7.34. The summed E-state index contributed by atoms with van der Waals surface area (Å²) in [5.74, 6) is -0.981. The Morgan fingerprint density at radius 3 is 2.14 bits per heavy atom. The summed E-state index contributed by atoms with van der Waals surface area (Å²) in [6.07, 6.45) is 0.833. The van der Waals surface area contributed by atoms with E-state index in [1.807, 2.05) is 24.3 Å². The summed E-state index contributed by atoms with van der Waals surface area (Å²) in [4.78, 5) is 9.25. The number of H-pyrrole nitrogens is 1. The molecule has 0 aliphatic carbocycles. The fourth-order valence-electron chi connectivity index (χ4n) is 0.786. The van der Waals surface area contributed by atoms with Gasteiger partial charge in [0.1, 0.15) is 11.0 Å². The Kier molecular flexibility index (Phi) is 3.37. The Bertz CT molecular complexity index is 406. The van der Waals surface area contributed by atoms with Crippen LogP contribution in [0.5, 0.6) is 0 Å². The lowest BCUT2D eigenvalue weighted by atomic mass is 10.3. The molecule has 0 atom stereocenters. The van der Waals surface area contributed by atoms with E-state index in [1.165, 1.54) is 0 Å². The zero-order chi connectivity index (χ0) is 10.4. The number of aromatic amines is 1. The number of aromatic nitrogens is 3. The van der Waals surface area contributed by atoms with Crippen LogP contribution < -0.4 is 0 Å². The second-order valence-electron chi connectivity index (χ2n) is 2.35. The van der Waals surface area contributed by atoms with E-state index in [-0.39, 0.29) is 0 Å². The number of hydrogen-bond donors (Lipinski definition) is 2. The van der Waals surface area contributed by atoms with E-state index in [4.69, 9.17) is 5.11 Å². The lowest BCUT2D eigenvalue weighted by Gasteiger charge is -1.78. The minimum atomic E-state index is -0.981. The average molecular weight is 191 g/mol. The maximum absolute atomic E-state index is 9.25. The van der Waals surface area contributed by atoms with E-state index in [0.29, 0.717) is 0 Å². The molecule has 0 spiro atoms. The first-order valence-corrected chi connectivity index (χ1v) is 3.85. The quantitative estimate of drug-likeness (QED) is 0.664. The summed E-state index contributed by atoms with van der Waals surface area (Å²) < 4.78 is 0. The van der Waals surface area contributed by atoms with Gasteiger partial charge in [0.15, 0.2) is 0 Å². The van der Waals surface area contributed by atoms with E-state index in [0.717, 1.165) is 17.1 Å². The van der Waals surface area contributed by atoms with Gasteiger partial charge < -0.3 is 5.11 Å². The minimum absolute atomic E-state index is 0.833. The van der Waals surface area contributed by atoms with Crippen LogP contribution in [0.1, 0.15) is 0 Å². The van der Waals surface area contributed by atoms with Crippen LogP contribution >= 0.6 is 0 Å². The fraction of sp³-hybridized carbons (Fsp3) is 0. The number of carboxylic acid groups (broad SMARTS) is 1. The molecule has 0 aliphatic rings. The molecule has 0 unspecified atom stereocenters.